The van der Waals surface area contributed by atoms with E-state index in [9.17, 15) is 13.2 Å². The molecule has 2 heterocycles. The van der Waals surface area contributed by atoms with Gasteiger partial charge in [-0.05, 0) is 52.4 Å². The van der Waals surface area contributed by atoms with Crippen molar-refractivity contribution in [3.05, 3.63) is 119 Å². The molecule has 0 spiro atoms. The molecule has 0 aliphatic rings. The molecular formula is C27H24N2O4S2. The maximum absolute atomic E-state index is 13.2. The smallest absolute Gasteiger partial charge is 0.244 e. The highest BCUT2D eigenvalue weighted by Crippen LogP contribution is 2.30. The van der Waals surface area contributed by atoms with Gasteiger partial charge in [-0.1, -0.05) is 54.6 Å². The summed E-state index contributed by atoms with van der Waals surface area (Å²) in [6.45, 7) is 0.409. The fourth-order valence-electron chi connectivity index (χ4n) is 3.38. The van der Waals surface area contributed by atoms with E-state index < -0.39 is 15.1 Å². The molecule has 0 aliphatic carbocycles. The van der Waals surface area contributed by atoms with Crippen LogP contribution in [0.15, 0.2) is 107 Å². The summed E-state index contributed by atoms with van der Waals surface area (Å²) < 4.78 is 32.4. The second kappa shape index (κ2) is 11.6. The predicted octanol–water partition coefficient (Wildman–Crippen LogP) is 5.07. The third kappa shape index (κ3) is 6.65. The molecule has 2 aromatic heterocycles. The lowest BCUT2D eigenvalue weighted by molar-refractivity contribution is -0.116. The Hall–Kier alpha value is -3.75. The van der Waals surface area contributed by atoms with Crippen molar-refractivity contribution in [1.82, 2.24) is 10.3 Å². The molecule has 8 heteroatoms. The van der Waals surface area contributed by atoms with Crippen molar-refractivity contribution in [2.75, 3.05) is 6.54 Å². The molecule has 0 aliphatic heterocycles. The Kier molecular flexibility index (Phi) is 8.07. The number of carbonyl (C=O) groups excluding carboxylic acids is 1. The lowest BCUT2D eigenvalue weighted by atomic mass is 10.2. The molecule has 0 saturated carbocycles. The van der Waals surface area contributed by atoms with Gasteiger partial charge in [0.1, 0.15) is 21.8 Å². The summed E-state index contributed by atoms with van der Waals surface area (Å²) in [5, 5.41) is 3.49. The Morgan fingerprint density at radius 3 is 2.49 bits per heavy atom. The molecule has 0 radical (unpaired) electrons. The Morgan fingerprint density at radius 1 is 1.00 bits per heavy atom. The van der Waals surface area contributed by atoms with E-state index in [1.54, 1.807) is 41.9 Å². The van der Waals surface area contributed by atoms with Crippen LogP contribution in [0.3, 0.4) is 0 Å². The van der Waals surface area contributed by atoms with Gasteiger partial charge < -0.3 is 10.1 Å². The van der Waals surface area contributed by atoms with E-state index in [0.717, 1.165) is 28.2 Å². The largest absolute Gasteiger partial charge is 0.489 e. The van der Waals surface area contributed by atoms with Crippen molar-refractivity contribution in [1.29, 1.82) is 0 Å². The fraction of sp³-hybridized carbons (Fsp3) is 0.111. The maximum Gasteiger partial charge on any atom is 0.244 e. The molecule has 1 amide bonds. The summed E-state index contributed by atoms with van der Waals surface area (Å²) in [4.78, 5) is 16.5. The average Bonchev–Trinajstić information content (AvgIpc) is 3.44. The van der Waals surface area contributed by atoms with Gasteiger partial charge >= 0.3 is 0 Å². The number of carbonyl (C=O) groups is 1. The molecule has 6 nitrogen and oxygen atoms in total. The van der Waals surface area contributed by atoms with Crippen molar-refractivity contribution >= 4 is 33.2 Å². The van der Waals surface area contributed by atoms with E-state index in [0.29, 0.717) is 12.2 Å². The Labute approximate surface area is 208 Å². The quantitative estimate of drug-likeness (QED) is 0.305. The maximum atomic E-state index is 13.2. The number of hydrogen-bond acceptors (Lipinski definition) is 6. The Morgan fingerprint density at radius 2 is 1.80 bits per heavy atom. The molecule has 178 valence electrons. The zero-order valence-corrected chi connectivity index (χ0v) is 20.4. The van der Waals surface area contributed by atoms with Crippen LogP contribution >= 0.6 is 11.3 Å². The van der Waals surface area contributed by atoms with Crippen molar-refractivity contribution < 1.29 is 17.9 Å². The number of thiophene rings is 1. The molecule has 2 aromatic carbocycles. The summed E-state index contributed by atoms with van der Waals surface area (Å²) in [6, 6.07) is 23.9. The van der Waals surface area contributed by atoms with Crippen molar-refractivity contribution in [2.24, 2.45) is 0 Å². The first-order valence-electron chi connectivity index (χ1n) is 10.9. The minimum atomic E-state index is -3.68. The van der Waals surface area contributed by atoms with E-state index in [1.165, 1.54) is 12.3 Å². The van der Waals surface area contributed by atoms with Gasteiger partial charge in [0.05, 0.1) is 0 Å². The highest BCUT2D eigenvalue weighted by molar-refractivity contribution is 7.93. The summed E-state index contributed by atoms with van der Waals surface area (Å²) >= 11 is 1.15. The normalized spacial score (nSPS) is 12.3. The second-order valence-corrected chi connectivity index (χ2v) is 11.0. The number of amides is 1. The SMILES string of the molecule is O=C(/C=C/c1ccc(OCc2ccccc2)cc1)NCC(c1cccnc1)S(=O)(=O)c1cccs1. The minimum Gasteiger partial charge on any atom is -0.489 e. The summed E-state index contributed by atoms with van der Waals surface area (Å²) in [5.41, 5.74) is 2.43. The molecule has 1 unspecified atom stereocenters. The summed E-state index contributed by atoms with van der Waals surface area (Å²) in [5.74, 6) is 0.346. The number of benzene rings is 2. The van der Waals surface area contributed by atoms with Gasteiger partial charge in [-0.3, -0.25) is 9.78 Å². The highest BCUT2D eigenvalue weighted by atomic mass is 32.2. The lowest BCUT2D eigenvalue weighted by Crippen LogP contribution is -2.30. The monoisotopic (exact) mass is 504 g/mol. The van der Waals surface area contributed by atoms with Crippen LogP contribution in [0.2, 0.25) is 0 Å². The van der Waals surface area contributed by atoms with Gasteiger partial charge in [0.2, 0.25) is 5.91 Å². The van der Waals surface area contributed by atoms with Crippen molar-refractivity contribution in [3.8, 4) is 5.75 Å². The third-order valence-corrected chi connectivity index (χ3v) is 8.76. The number of hydrogen-bond donors (Lipinski definition) is 1. The first-order valence-corrected chi connectivity index (χ1v) is 13.3. The molecular weight excluding hydrogens is 480 g/mol. The van der Waals surface area contributed by atoms with Gasteiger partial charge in [-0.2, -0.15) is 0 Å². The lowest BCUT2D eigenvalue weighted by Gasteiger charge is -2.17. The Bertz CT molecular complexity index is 1350. The fourth-order valence-corrected chi connectivity index (χ4v) is 6.23. The van der Waals surface area contributed by atoms with Crippen LogP contribution < -0.4 is 10.1 Å². The van der Waals surface area contributed by atoms with Crippen molar-refractivity contribution in [2.45, 2.75) is 16.1 Å². The second-order valence-electron chi connectivity index (χ2n) is 7.67. The van der Waals surface area contributed by atoms with Crippen LogP contribution in [0.4, 0.5) is 0 Å². The topological polar surface area (TPSA) is 85.4 Å². The van der Waals surface area contributed by atoms with Crippen LogP contribution in [-0.4, -0.2) is 25.9 Å². The average molecular weight is 505 g/mol. The standard InChI is InChI=1S/C27H24N2O4S2/c30-26(15-12-21-10-13-24(14-11-21)33-20-22-6-2-1-3-7-22)29-19-25(23-8-4-16-28-18-23)35(31,32)27-9-5-17-34-27/h1-18,25H,19-20H2,(H,29,30)/b15-12+. The van der Waals surface area contributed by atoms with Crippen LogP contribution in [-0.2, 0) is 21.2 Å². The van der Waals surface area contributed by atoms with Gasteiger partial charge in [0, 0.05) is 25.0 Å². The summed E-state index contributed by atoms with van der Waals surface area (Å²) in [7, 11) is -3.68. The molecule has 4 aromatic rings. The highest BCUT2D eigenvalue weighted by Gasteiger charge is 2.30. The van der Waals surface area contributed by atoms with E-state index >= 15 is 0 Å². The summed E-state index contributed by atoms with van der Waals surface area (Å²) in [6.07, 6.45) is 6.15. The molecule has 35 heavy (non-hydrogen) atoms. The van der Waals surface area contributed by atoms with E-state index in [1.807, 2.05) is 54.6 Å². The Balaban J connectivity index is 1.36. The first-order chi connectivity index (χ1) is 17.0. The van der Waals surface area contributed by atoms with E-state index in [2.05, 4.69) is 10.3 Å². The zero-order chi connectivity index (χ0) is 24.5. The minimum absolute atomic E-state index is 0.0681. The molecule has 0 bridgehead atoms. The van der Waals surface area contributed by atoms with Gasteiger partial charge in [0.25, 0.3) is 0 Å². The number of sulfone groups is 1. The first kappa shape index (κ1) is 24.4. The predicted molar refractivity (Wildman–Crippen MR) is 138 cm³/mol. The van der Waals surface area contributed by atoms with Crippen LogP contribution in [0.25, 0.3) is 6.08 Å². The number of nitrogens with one attached hydrogen (secondary N) is 1. The molecule has 1 N–H and O–H groups in total. The number of ether oxygens (including phenoxy) is 1. The van der Waals surface area contributed by atoms with Gasteiger partial charge in [0.15, 0.2) is 9.84 Å². The number of aromatic nitrogens is 1. The van der Waals surface area contributed by atoms with Crippen LogP contribution in [0, 0.1) is 0 Å². The van der Waals surface area contributed by atoms with Crippen molar-refractivity contribution in [3.63, 3.8) is 0 Å². The van der Waals surface area contributed by atoms with Crippen LogP contribution in [0.5, 0.6) is 5.75 Å². The number of nitrogens with zero attached hydrogens (tertiary/aromatic N) is 1. The molecule has 1 atom stereocenters. The van der Waals surface area contributed by atoms with Crippen LogP contribution in [0.1, 0.15) is 21.9 Å². The number of pyridine rings is 1. The third-order valence-electron chi connectivity index (χ3n) is 5.22. The van der Waals surface area contributed by atoms with E-state index in [-0.39, 0.29) is 16.7 Å². The van der Waals surface area contributed by atoms with Gasteiger partial charge in [-0.15, -0.1) is 11.3 Å². The molecule has 4 rings (SSSR count). The zero-order valence-electron chi connectivity index (χ0n) is 18.8. The van der Waals surface area contributed by atoms with Gasteiger partial charge in [-0.25, -0.2) is 8.42 Å². The van der Waals surface area contributed by atoms with E-state index in [4.69, 9.17) is 4.74 Å². The molecule has 0 saturated heterocycles. The number of rotatable bonds is 10. The molecule has 0 fully saturated rings.